The van der Waals surface area contributed by atoms with Crippen LogP contribution in [0, 0.1) is 0 Å². The molecule has 0 N–H and O–H groups in total. The van der Waals surface area contributed by atoms with Crippen molar-refractivity contribution in [2.75, 3.05) is 58.9 Å². The lowest BCUT2D eigenvalue weighted by Gasteiger charge is -2.36. The van der Waals surface area contributed by atoms with E-state index in [2.05, 4.69) is 4.90 Å². The first kappa shape index (κ1) is 29.9. The first-order valence-corrected chi connectivity index (χ1v) is 13.3. The number of anilines is 1. The molecule has 218 valence electrons. The fourth-order valence-corrected chi connectivity index (χ4v) is 4.86. The molecule has 0 radical (unpaired) electrons. The van der Waals surface area contributed by atoms with Crippen LogP contribution < -0.4 is 14.4 Å². The molecule has 3 aromatic rings. The van der Waals surface area contributed by atoms with Gasteiger partial charge in [0.1, 0.15) is 5.92 Å². The Morgan fingerprint density at radius 1 is 0.878 bits per heavy atom. The standard InChI is InChI=1S/C31H34F3N3O4/c1-35-17-19-36(20-18-35)29(38)28(23-7-5-4-6-8-23)30(39)37(25-13-14-26(40-2)27(21-25)41-3)16-15-22-9-11-24(12-10-22)31(32,33)34/h4-14,21,28H,15-20H2,1-3H3. The number of methoxy groups -OCH3 is 2. The number of hydrogen-bond donors (Lipinski definition) is 0. The minimum absolute atomic E-state index is 0.124. The van der Waals surface area contributed by atoms with Gasteiger partial charge in [-0.15, -0.1) is 0 Å². The number of carbonyl (C=O) groups excluding carboxylic acids is 2. The van der Waals surface area contributed by atoms with Crippen LogP contribution in [-0.4, -0.2) is 75.6 Å². The van der Waals surface area contributed by atoms with Gasteiger partial charge in [0, 0.05) is 44.5 Å². The van der Waals surface area contributed by atoms with Crippen molar-refractivity contribution >= 4 is 17.5 Å². The van der Waals surface area contributed by atoms with Gasteiger partial charge < -0.3 is 24.2 Å². The van der Waals surface area contributed by atoms with Gasteiger partial charge in [0.25, 0.3) is 0 Å². The summed E-state index contributed by atoms with van der Waals surface area (Å²) >= 11 is 0. The van der Waals surface area contributed by atoms with E-state index < -0.39 is 23.6 Å². The van der Waals surface area contributed by atoms with E-state index in [1.807, 2.05) is 13.1 Å². The van der Waals surface area contributed by atoms with Gasteiger partial charge in [0.05, 0.1) is 19.8 Å². The highest BCUT2D eigenvalue weighted by Crippen LogP contribution is 2.34. The largest absolute Gasteiger partial charge is 0.493 e. The maximum absolute atomic E-state index is 14.4. The van der Waals surface area contributed by atoms with Crippen LogP contribution >= 0.6 is 0 Å². The summed E-state index contributed by atoms with van der Waals surface area (Å²) in [5.74, 6) is -0.938. The minimum Gasteiger partial charge on any atom is -0.493 e. The SMILES string of the molecule is COc1ccc(N(CCc2ccc(C(F)(F)F)cc2)C(=O)C(C(=O)N2CCN(C)CC2)c2ccccc2)cc1OC. The molecule has 41 heavy (non-hydrogen) atoms. The normalized spacial score (nSPS) is 14.8. The fraction of sp³-hybridized carbons (Fsp3) is 0.355. The highest BCUT2D eigenvalue weighted by molar-refractivity contribution is 6.12. The van der Waals surface area contributed by atoms with E-state index in [-0.39, 0.29) is 18.9 Å². The number of rotatable bonds is 9. The molecule has 0 aliphatic carbocycles. The van der Waals surface area contributed by atoms with E-state index in [0.717, 1.165) is 12.1 Å². The van der Waals surface area contributed by atoms with E-state index in [1.54, 1.807) is 47.4 Å². The summed E-state index contributed by atoms with van der Waals surface area (Å²) in [7, 11) is 4.98. The summed E-state index contributed by atoms with van der Waals surface area (Å²) in [6.07, 6.45) is -4.17. The van der Waals surface area contributed by atoms with Crippen LogP contribution in [0.1, 0.15) is 22.6 Å². The molecule has 1 saturated heterocycles. The second-order valence-corrected chi connectivity index (χ2v) is 9.95. The van der Waals surface area contributed by atoms with Crippen molar-refractivity contribution in [3.63, 3.8) is 0 Å². The van der Waals surface area contributed by atoms with Crippen molar-refractivity contribution in [3.8, 4) is 11.5 Å². The lowest BCUT2D eigenvalue weighted by molar-refractivity contribution is -0.139. The van der Waals surface area contributed by atoms with E-state index in [0.29, 0.717) is 54.5 Å². The monoisotopic (exact) mass is 569 g/mol. The van der Waals surface area contributed by atoms with Crippen molar-refractivity contribution in [1.29, 1.82) is 0 Å². The Morgan fingerprint density at radius 3 is 2.10 bits per heavy atom. The van der Waals surface area contributed by atoms with Crippen molar-refractivity contribution in [1.82, 2.24) is 9.80 Å². The third-order valence-corrected chi connectivity index (χ3v) is 7.29. The zero-order valence-electron chi connectivity index (χ0n) is 23.4. The number of hydrogen-bond acceptors (Lipinski definition) is 5. The summed E-state index contributed by atoms with van der Waals surface area (Å²) in [6, 6.07) is 18.8. The smallest absolute Gasteiger partial charge is 0.416 e. The Balaban J connectivity index is 1.70. The van der Waals surface area contributed by atoms with Gasteiger partial charge in [-0.2, -0.15) is 13.2 Å². The molecular weight excluding hydrogens is 535 g/mol. The second-order valence-electron chi connectivity index (χ2n) is 9.95. The minimum atomic E-state index is -4.44. The van der Waals surface area contributed by atoms with Gasteiger partial charge in [0.15, 0.2) is 11.5 Å². The summed E-state index contributed by atoms with van der Waals surface area (Å²) in [5, 5.41) is 0. The first-order chi connectivity index (χ1) is 19.6. The third kappa shape index (κ3) is 7.18. The molecule has 0 aromatic heterocycles. The Bertz CT molecular complexity index is 1320. The van der Waals surface area contributed by atoms with Crippen LogP contribution in [0.5, 0.6) is 11.5 Å². The zero-order chi connectivity index (χ0) is 29.6. The lowest BCUT2D eigenvalue weighted by Crippen LogP contribution is -2.51. The summed E-state index contributed by atoms with van der Waals surface area (Å²) in [6.45, 7) is 2.55. The zero-order valence-corrected chi connectivity index (χ0v) is 23.4. The molecule has 1 atom stereocenters. The number of halogens is 3. The maximum Gasteiger partial charge on any atom is 0.416 e. The number of piperazine rings is 1. The van der Waals surface area contributed by atoms with E-state index >= 15 is 0 Å². The summed E-state index contributed by atoms with van der Waals surface area (Å²) in [5.41, 5.74) is 0.932. The quantitative estimate of drug-likeness (QED) is 0.345. The second kappa shape index (κ2) is 13.1. The van der Waals surface area contributed by atoms with E-state index in [4.69, 9.17) is 9.47 Å². The number of nitrogens with zero attached hydrogens (tertiary/aromatic N) is 3. The van der Waals surface area contributed by atoms with Gasteiger partial charge in [-0.25, -0.2) is 0 Å². The third-order valence-electron chi connectivity index (χ3n) is 7.29. The number of alkyl halides is 3. The van der Waals surface area contributed by atoms with Crippen LogP contribution in [0.3, 0.4) is 0 Å². The Hall–Kier alpha value is -4.05. The number of benzene rings is 3. The van der Waals surface area contributed by atoms with Crippen LogP contribution in [0.25, 0.3) is 0 Å². The number of carbonyl (C=O) groups is 2. The highest BCUT2D eigenvalue weighted by atomic mass is 19.4. The topological polar surface area (TPSA) is 62.3 Å². The number of likely N-dealkylation sites (N-methyl/N-ethyl adjacent to an activating group) is 1. The molecule has 1 aliphatic rings. The van der Waals surface area contributed by atoms with Gasteiger partial charge >= 0.3 is 6.18 Å². The fourth-order valence-electron chi connectivity index (χ4n) is 4.86. The highest BCUT2D eigenvalue weighted by Gasteiger charge is 2.37. The summed E-state index contributed by atoms with van der Waals surface area (Å²) in [4.78, 5) is 33.7. The Morgan fingerprint density at radius 2 is 1.51 bits per heavy atom. The molecule has 10 heteroatoms. The molecule has 3 aromatic carbocycles. The van der Waals surface area contributed by atoms with Crippen LogP contribution in [-0.2, 0) is 22.2 Å². The lowest BCUT2D eigenvalue weighted by atomic mass is 9.94. The molecule has 1 aliphatic heterocycles. The average Bonchev–Trinajstić information content (AvgIpc) is 2.98. The molecule has 7 nitrogen and oxygen atoms in total. The number of amides is 2. The average molecular weight is 570 g/mol. The summed E-state index contributed by atoms with van der Waals surface area (Å²) < 4.78 is 50.1. The molecule has 1 unspecified atom stereocenters. The molecule has 1 fully saturated rings. The predicted molar refractivity (Wildman–Crippen MR) is 150 cm³/mol. The molecule has 0 saturated carbocycles. The van der Waals surface area contributed by atoms with Crippen molar-refractivity contribution in [3.05, 3.63) is 89.5 Å². The van der Waals surface area contributed by atoms with Crippen molar-refractivity contribution in [2.24, 2.45) is 0 Å². The van der Waals surface area contributed by atoms with Crippen molar-refractivity contribution < 1.29 is 32.2 Å². The molecular formula is C31H34F3N3O4. The van der Waals surface area contributed by atoms with Crippen LogP contribution in [0.2, 0.25) is 0 Å². The Labute approximate surface area is 238 Å². The molecule has 2 amide bonds. The number of ether oxygens (including phenoxy) is 2. The van der Waals surface area contributed by atoms with Gasteiger partial charge in [0.2, 0.25) is 11.8 Å². The molecule has 0 bridgehead atoms. The van der Waals surface area contributed by atoms with E-state index in [1.165, 1.54) is 31.3 Å². The van der Waals surface area contributed by atoms with Gasteiger partial charge in [-0.1, -0.05) is 42.5 Å². The predicted octanol–water partition coefficient (Wildman–Crippen LogP) is 4.86. The van der Waals surface area contributed by atoms with Crippen LogP contribution in [0.4, 0.5) is 18.9 Å². The molecule has 4 rings (SSSR count). The van der Waals surface area contributed by atoms with Gasteiger partial charge in [-0.05, 0) is 48.9 Å². The van der Waals surface area contributed by atoms with Gasteiger partial charge in [-0.3, -0.25) is 9.59 Å². The molecule has 0 spiro atoms. The van der Waals surface area contributed by atoms with E-state index in [9.17, 15) is 22.8 Å². The van der Waals surface area contributed by atoms with Crippen molar-refractivity contribution in [2.45, 2.75) is 18.5 Å². The maximum atomic E-state index is 14.4. The van der Waals surface area contributed by atoms with Crippen LogP contribution in [0.15, 0.2) is 72.8 Å². The Kier molecular flexibility index (Phi) is 9.54. The first-order valence-electron chi connectivity index (χ1n) is 13.3. The molecule has 1 heterocycles.